The van der Waals surface area contributed by atoms with Crippen LogP contribution in [0.3, 0.4) is 0 Å². The lowest BCUT2D eigenvalue weighted by Crippen LogP contribution is -2.02. The van der Waals surface area contributed by atoms with E-state index >= 15 is 0 Å². The average molecular weight is 303 g/mol. The molecule has 0 amide bonds. The Balaban J connectivity index is 2.01. The molecule has 0 saturated heterocycles. The van der Waals surface area contributed by atoms with Crippen LogP contribution in [0.4, 0.5) is 0 Å². The Morgan fingerprint density at radius 1 is 1.45 bits per heavy atom. The number of hydrogen-bond donors (Lipinski definition) is 0. The lowest BCUT2D eigenvalue weighted by Gasteiger charge is -2.06. The van der Waals surface area contributed by atoms with Gasteiger partial charge in [0.1, 0.15) is 0 Å². The van der Waals surface area contributed by atoms with Gasteiger partial charge in [-0.25, -0.2) is 0 Å². The van der Waals surface area contributed by atoms with E-state index in [1.165, 1.54) is 11.8 Å². The fourth-order valence-corrected chi connectivity index (χ4v) is 3.37. The van der Waals surface area contributed by atoms with Crippen LogP contribution >= 0.6 is 23.1 Å². The monoisotopic (exact) mass is 303 g/mol. The summed E-state index contributed by atoms with van der Waals surface area (Å²) >= 11 is 3.13. The number of aromatic nitrogens is 3. The van der Waals surface area contributed by atoms with Gasteiger partial charge in [0.15, 0.2) is 11.0 Å². The van der Waals surface area contributed by atoms with E-state index in [9.17, 15) is 0 Å². The van der Waals surface area contributed by atoms with Crippen LogP contribution in [-0.2, 0) is 7.05 Å². The van der Waals surface area contributed by atoms with Gasteiger partial charge in [0.05, 0.1) is 22.9 Å². The second-order valence-electron chi connectivity index (χ2n) is 4.18. The van der Waals surface area contributed by atoms with Gasteiger partial charge in [0.2, 0.25) is 0 Å². The van der Waals surface area contributed by atoms with Crippen molar-refractivity contribution in [1.82, 2.24) is 14.8 Å². The van der Waals surface area contributed by atoms with Gasteiger partial charge < -0.3 is 4.57 Å². The molecule has 0 aromatic carbocycles. The normalized spacial score (nSPS) is 11.8. The fraction of sp³-hybridized carbons (Fsp3) is 0.385. The molecule has 20 heavy (non-hydrogen) atoms. The minimum atomic E-state index is -0.124. The molecule has 2 aromatic rings. The lowest BCUT2D eigenvalue weighted by atomic mass is 10.1. The molecular weight excluding hydrogens is 290 g/mol. The van der Waals surface area contributed by atoms with Crippen molar-refractivity contribution in [3.05, 3.63) is 17.5 Å². The Morgan fingerprint density at radius 3 is 2.95 bits per heavy atom. The van der Waals surface area contributed by atoms with Gasteiger partial charge in [-0.05, 0) is 17.9 Å². The van der Waals surface area contributed by atoms with Crippen LogP contribution in [0.2, 0.25) is 0 Å². The Kier molecular flexibility index (Phi) is 5.16. The molecule has 1 atom stereocenters. The van der Waals surface area contributed by atoms with Gasteiger partial charge in [-0.1, -0.05) is 17.8 Å². The van der Waals surface area contributed by atoms with Crippen molar-refractivity contribution in [3.63, 3.8) is 0 Å². The molecule has 0 spiro atoms. The predicted molar refractivity (Wildman–Crippen MR) is 79.0 cm³/mol. The maximum Gasteiger partial charge on any atom is 0.191 e. The number of hydrogen-bond acceptors (Lipinski definition) is 6. The Bertz CT molecular complexity index is 633. The Morgan fingerprint density at radius 2 is 2.30 bits per heavy atom. The summed E-state index contributed by atoms with van der Waals surface area (Å²) in [6.07, 6.45) is 1.02. The molecule has 5 nitrogen and oxygen atoms in total. The fourth-order valence-electron chi connectivity index (χ4n) is 1.66. The zero-order valence-corrected chi connectivity index (χ0v) is 12.6. The number of nitrogens with zero attached hydrogens (tertiary/aromatic N) is 5. The summed E-state index contributed by atoms with van der Waals surface area (Å²) in [4.78, 5) is 1.08. The third-order valence-corrected chi connectivity index (χ3v) is 4.83. The predicted octanol–water partition coefficient (Wildman–Crippen LogP) is 3.08. The zero-order valence-electron chi connectivity index (χ0n) is 11.0. The standard InChI is InChI=1S/C13H13N5S2/c1-18-12(11-5-3-7-19-11)16-17-13(18)20-9-10(8-15)4-2-6-14/h3,5,7,10H,2,4,9H2,1H3. The quantitative estimate of drug-likeness (QED) is 0.766. The van der Waals surface area contributed by atoms with Crippen LogP contribution in [0.25, 0.3) is 10.7 Å². The van der Waals surface area contributed by atoms with Crippen LogP contribution in [0.5, 0.6) is 0 Å². The SMILES string of the molecule is Cn1c(SCC(C#N)CCC#N)nnc1-c1cccs1. The summed E-state index contributed by atoms with van der Waals surface area (Å²) in [5.41, 5.74) is 0. The number of thiophene rings is 1. The molecule has 0 bridgehead atoms. The lowest BCUT2D eigenvalue weighted by molar-refractivity contribution is 0.682. The van der Waals surface area contributed by atoms with Gasteiger partial charge >= 0.3 is 0 Å². The minimum Gasteiger partial charge on any atom is -0.305 e. The van der Waals surface area contributed by atoms with Crippen molar-refractivity contribution in [2.45, 2.75) is 18.0 Å². The first-order chi connectivity index (χ1) is 9.76. The Labute approximate surface area is 125 Å². The number of nitriles is 2. The van der Waals surface area contributed by atoms with Gasteiger partial charge in [-0.2, -0.15) is 10.5 Å². The van der Waals surface area contributed by atoms with E-state index in [0.717, 1.165) is 15.9 Å². The molecule has 0 aliphatic carbocycles. The van der Waals surface area contributed by atoms with Crippen molar-refractivity contribution < 1.29 is 0 Å². The van der Waals surface area contributed by atoms with E-state index in [1.54, 1.807) is 11.3 Å². The van der Waals surface area contributed by atoms with Gasteiger partial charge in [-0.3, -0.25) is 0 Å². The third-order valence-electron chi connectivity index (χ3n) is 2.78. The van der Waals surface area contributed by atoms with Crippen LogP contribution in [-0.4, -0.2) is 20.5 Å². The first-order valence-corrected chi connectivity index (χ1v) is 7.95. The molecule has 0 radical (unpaired) electrons. The molecule has 2 aromatic heterocycles. The first-order valence-electron chi connectivity index (χ1n) is 6.09. The summed E-state index contributed by atoms with van der Waals surface area (Å²) in [5, 5.41) is 28.8. The van der Waals surface area contributed by atoms with Crippen molar-refractivity contribution in [2.24, 2.45) is 13.0 Å². The molecule has 0 saturated carbocycles. The molecule has 0 fully saturated rings. The second-order valence-corrected chi connectivity index (χ2v) is 6.11. The maximum absolute atomic E-state index is 9.04. The van der Waals surface area contributed by atoms with Crippen molar-refractivity contribution >= 4 is 23.1 Å². The molecule has 0 aliphatic rings. The first kappa shape index (κ1) is 14.6. The third kappa shape index (κ3) is 3.38. The Hall–Kier alpha value is -1.83. The molecule has 1 unspecified atom stereocenters. The molecule has 2 rings (SSSR count). The molecule has 7 heteroatoms. The van der Waals surface area contributed by atoms with E-state index in [0.29, 0.717) is 18.6 Å². The van der Waals surface area contributed by atoms with Gasteiger partial charge in [-0.15, -0.1) is 21.5 Å². The van der Waals surface area contributed by atoms with Gasteiger partial charge in [0, 0.05) is 19.2 Å². The highest BCUT2D eigenvalue weighted by Crippen LogP contribution is 2.27. The topological polar surface area (TPSA) is 78.3 Å². The molecule has 0 N–H and O–H groups in total. The van der Waals surface area contributed by atoms with Crippen molar-refractivity contribution in [2.75, 3.05) is 5.75 Å². The molecule has 2 heterocycles. The van der Waals surface area contributed by atoms with E-state index < -0.39 is 0 Å². The van der Waals surface area contributed by atoms with E-state index in [4.69, 9.17) is 10.5 Å². The second kappa shape index (κ2) is 7.09. The zero-order chi connectivity index (χ0) is 14.4. The van der Waals surface area contributed by atoms with E-state index in [-0.39, 0.29) is 5.92 Å². The molecule has 102 valence electrons. The maximum atomic E-state index is 9.04. The molecule has 0 aliphatic heterocycles. The van der Waals surface area contributed by atoms with Crippen LogP contribution < -0.4 is 0 Å². The highest BCUT2D eigenvalue weighted by molar-refractivity contribution is 7.99. The van der Waals surface area contributed by atoms with Crippen molar-refractivity contribution in [3.8, 4) is 22.8 Å². The summed E-state index contributed by atoms with van der Waals surface area (Å²) < 4.78 is 1.94. The van der Waals surface area contributed by atoms with Crippen LogP contribution in [0.1, 0.15) is 12.8 Å². The average Bonchev–Trinajstić information content (AvgIpc) is 3.09. The van der Waals surface area contributed by atoms with Crippen LogP contribution in [0, 0.1) is 28.6 Å². The highest BCUT2D eigenvalue weighted by Gasteiger charge is 2.14. The largest absolute Gasteiger partial charge is 0.305 e. The van der Waals surface area contributed by atoms with E-state index in [1.807, 2.05) is 29.1 Å². The minimum absolute atomic E-state index is 0.124. The summed E-state index contributed by atoms with van der Waals surface area (Å²) in [5.74, 6) is 1.35. The highest BCUT2D eigenvalue weighted by atomic mass is 32.2. The van der Waals surface area contributed by atoms with Crippen LogP contribution in [0.15, 0.2) is 22.7 Å². The summed E-state index contributed by atoms with van der Waals surface area (Å²) in [6.45, 7) is 0. The van der Waals surface area contributed by atoms with E-state index in [2.05, 4.69) is 22.3 Å². The summed E-state index contributed by atoms with van der Waals surface area (Å²) in [7, 11) is 1.92. The number of thioether (sulfide) groups is 1. The molecular formula is C13H13N5S2. The number of rotatable bonds is 6. The van der Waals surface area contributed by atoms with Crippen molar-refractivity contribution in [1.29, 1.82) is 10.5 Å². The smallest absolute Gasteiger partial charge is 0.191 e. The summed E-state index contributed by atoms with van der Waals surface area (Å²) in [6, 6.07) is 8.30. The van der Waals surface area contributed by atoms with Gasteiger partial charge in [0.25, 0.3) is 0 Å².